The fourth-order valence-electron chi connectivity index (χ4n) is 1.78. The zero-order chi connectivity index (χ0) is 10.8. The van der Waals surface area contributed by atoms with E-state index in [1.807, 2.05) is 13.1 Å². The molecule has 4 heteroatoms. The largest absolute Gasteiger partial charge is 0.493 e. The first kappa shape index (κ1) is 10.8. The van der Waals surface area contributed by atoms with E-state index in [1.165, 1.54) is 5.56 Å². The van der Waals surface area contributed by atoms with E-state index < -0.39 is 0 Å². The first-order chi connectivity index (χ1) is 7.24. The molecule has 82 valence electrons. The lowest BCUT2D eigenvalue weighted by Gasteiger charge is -2.26. The molecule has 1 aliphatic heterocycles. The number of likely N-dealkylation sites (N-methyl/N-ethyl adjacent to an activating group) is 1. The standard InChI is InChI=1S/C11H14BrNO2/c1-13-9-4-7-3-8(12)5-10(14-2)11(7)15-6-9/h3,5,9,13H,4,6H2,1-2H3. The van der Waals surface area contributed by atoms with Gasteiger partial charge in [-0.3, -0.25) is 0 Å². The number of fused-ring (bicyclic) bond motifs is 1. The van der Waals surface area contributed by atoms with Gasteiger partial charge in [-0.15, -0.1) is 0 Å². The van der Waals surface area contributed by atoms with Crippen molar-refractivity contribution < 1.29 is 9.47 Å². The molecule has 0 saturated heterocycles. The number of halogens is 1. The van der Waals surface area contributed by atoms with Crippen LogP contribution in [0.5, 0.6) is 11.5 Å². The molecule has 1 N–H and O–H groups in total. The topological polar surface area (TPSA) is 30.5 Å². The lowest BCUT2D eigenvalue weighted by atomic mass is 10.0. The Hall–Kier alpha value is -0.740. The van der Waals surface area contributed by atoms with Crippen LogP contribution in [0, 0.1) is 0 Å². The van der Waals surface area contributed by atoms with Crippen LogP contribution in [0.4, 0.5) is 0 Å². The minimum Gasteiger partial charge on any atom is -0.493 e. The predicted octanol–water partition coefficient (Wildman–Crippen LogP) is 1.98. The lowest BCUT2D eigenvalue weighted by molar-refractivity contribution is 0.233. The molecule has 1 aromatic rings. The van der Waals surface area contributed by atoms with Crippen LogP contribution in [0.25, 0.3) is 0 Å². The zero-order valence-corrected chi connectivity index (χ0v) is 10.4. The quantitative estimate of drug-likeness (QED) is 0.893. The van der Waals surface area contributed by atoms with E-state index >= 15 is 0 Å². The molecule has 0 spiro atoms. The number of nitrogens with one attached hydrogen (secondary N) is 1. The second kappa shape index (κ2) is 4.41. The third kappa shape index (κ3) is 2.11. The molecule has 0 amide bonds. The van der Waals surface area contributed by atoms with Gasteiger partial charge in [-0.25, -0.2) is 0 Å². The maximum absolute atomic E-state index is 5.70. The average Bonchev–Trinajstić information content (AvgIpc) is 2.26. The maximum atomic E-state index is 5.70. The summed E-state index contributed by atoms with van der Waals surface area (Å²) in [5, 5.41) is 3.22. The third-order valence-corrected chi connectivity index (χ3v) is 3.08. The normalized spacial score (nSPS) is 19.3. The highest BCUT2D eigenvalue weighted by Crippen LogP contribution is 2.37. The van der Waals surface area contributed by atoms with Crippen molar-refractivity contribution in [2.75, 3.05) is 20.8 Å². The summed E-state index contributed by atoms with van der Waals surface area (Å²) in [6, 6.07) is 4.40. The highest BCUT2D eigenvalue weighted by molar-refractivity contribution is 9.10. The van der Waals surface area contributed by atoms with E-state index in [4.69, 9.17) is 9.47 Å². The highest BCUT2D eigenvalue weighted by atomic mass is 79.9. The molecular formula is C11H14BrNO2. The monoisotopic (exact) mass is 271 g/mol. The number of ether oxygens (including phenoxy) is 2. The number of benzene rings is 1. The van der Waals surface area contributed by atoms with Gasteiger partial charge in [-0.1, -0.05) is 15.9 Å². The van der Waals surface area contributed by atoms with Gasteiger partial charge < -0.3 is 14.8 Å². The molecule has 2 rings (SSSR count). The van der Waals surface area contributed by atoms with Gasteiger partial charge in [0.05, 0.1) is 7.11 Å². The van der Waals surface area contributed by atoms with Crippen LogP contribution in [-0.4, -0.2) is 26.8 Å². The Morgan fingerprint density at radius 2 is 2.33 bits per heavy atom. The number of hydrogen-bond acceptors (Lipinski definition) is 3. The summed E-state index contributed by atoms with van der Waals surface area (Å²) in [7, 11) is 3.61. The van der Waals surface area contributed by atoms with Crippen molar-refractivity contribution in [3.8, 4) is 11.5 Å². The molecule has 0 saturated carbocycles. The third-order valence-electron chi connectivity index (χ3n) is 2.62. The van der Waals surface area contributed by atoms with Crippen molar-refractivity contribution in [3.63, 3.8) is 0 Å². The van der Waals surface area contributed by atoms with E-state index in [9.17, 15) is 0 Å². The summed E-state index contributed by atoms with van der Waals surface area (Å²) in [5.41, 5.74) is 1.19. The molecule has 1 aliphatic rings. The van der Waals surface area contributed by atoms with Crippen molar-refractivity contribution in [3.05, 3.63) is 22.2 Å². The van der Waals surface area contributed by atoms with Crippen LogP contribution in [0.15, 0.2) is 16.6 Å². The summed E-state index contributed by atoms with van der Waals surface area (Å²) >= 11 is 3.47. The molecule has 1 unspecified atom stereocenters. The van der Waals surface area contributed by atoms with E-state index in [2.05, 4.69) is 27.3 Å². The van der Waals surface area contributed by atoms with Crippen molar-refractivity contribution in [2.24, 2.45) is 0 Å². The van der Waals surface area contributed by atoms with Gasteiger partial charge in [-0.05, 0) is 25.6 Å². The summed E-state index contributed by atoms with van der Waals surface area (Å²) < 4.78 is 12.0. The van der Waals surface area contributed by atoms with Gasteiger partial charge in [0.2, 0.25) is 0 Å². The number of hydrogen-bond donors (Lipinski definition) is 1. The van der Waals surface area contributed by atoms with Gasteiger partial charge in [0.15, 0.2) is 11.5 Å². The Labute approximate surface area is 97.9 Å². The van der Waals surface area contributed by atoms with E-state index in [-0.39, 0.29) is 0 Å². The molecule has 15 heavy (non-hydrogen) atoms. The molecule has 1 aromatic carbocycles. The SMILES string of the molecule is CNC1COc2c(cc(Br)cc2OC)C1. The Kier molecular flexibility index (Phi) is 3.17. The molecule has 1 heterocycles. The Bertz CT molecular complexity index is 368. The smallest absolute Gasteiger partial charge is 0.164 e. The van der Waals surface area contributed by atoms with Crippen LogP contribution in [0.1, 0.15) is 5.56 Å². The molecule has 0 radical (unpaired) electrons. The number of methoxy groups -OCH3 is 1. The minimum atomic E-state index is 0.386. The Morgan fingerprint density at radius 3 is 3.00 bits per heavy atom. The Morgan fingerprint density at radius 1 is 1.53 bits per heavy atom. The molecule has 0 aliphatic carbocycles. The summed E-state index contributed by atoms with van der Waals surface area (Å²) in [6.07, 6.45) is 0.974. The first-order valence-corrected chi connectivity index (χ1v) is 5.70. The van der Waals surface area contributed by atoms with E-state index in [0.29, 0.717) is 12.6 Å². The summed E-state index contributed by atoms with van der Waals surface area (Å²) in [4.78, 5) is 0. The van der Waals surface area contributed by atoms with Crippen molar-refractivity contribution >= 4 is 15.9 Å². The molecule has 0 aromatic heterocycles. The minimum absolute atomic E-state index is 0.386. The molecule has 3 nitrogen and oxygen atoms in total. The molecule has 1 atom stereocenters. The molecular weight excluding hydrogens is 258 g/mol. The van der Waals surface area contributed by atoms with Crippen LogP contribution < -0.4 is 14.8 Å². The van der Waals surface area contributed by atoms with Gasteiger partial charge in [-0.2, -0.15) is 0 Å². The first-order valence-electron chi connectivity index (χ1n) is 4.91. The molecule has 0 fully saturated rings. The van der Waals surface area contributed by atoms with Crippen molar-refractivity contribution in [2.45, 2.75) is 12.5 Å². The zero-order valence-electron chi connectivity index (χ0n) is 8.84. The van der Waals surface area contributed by atoms with Gasteiger partial charge in [0.25, 0.3) is 0 Å². The average molecular weight is 272 g/mol. The van der Waals surface area contributed by atoms with Gasteiger partial charge in [0.1, 0.15) is 6.61 Å². The fraction of sp³-hybridized carbons (Fsp3) is 0.455. The second-order valence-corrected chi connectivity index (χ2v) is 4.51. The number of rotatable bonds is 2. The Balaban J connectivity index is 2.38. The van der Waals surface area contributed by atoms with Crippen LogP contribution in [-0.2, 0) is 6.42 Å². The molecule has 0 bridgehead atoms. The van der Waals surface area contributed by atoms with Crippen LogP contribution in [0.2, 0.25) is 0 Å². The van der Waals surface area contributed by atoms with E-state index in [1.54, 1.807) is 7.11 Å². The van der Waals surface area contributed by atoms with E-state index in [0.717, 1.165) is 22.4 Å². The summed E-state index contributed by atoms with van der Waals surface area (Å²) in [6.45, 7) is 0.696. The predicted molar refractivity (Wildman–Crippen MR) is 62.7 cm³/mol. The fourth-order valence-corrected chi connectivity index (χ4v) is 2.27. The van der Waals surface area contributed by atoms with Gasteiger partial charge in [0, 0.05) is 16.1 Å². The maximum Gasteiger partial charge on any atom is 0.164 e. The van der Waals surface area contributed by atoms with Crippen molar-refractivity contribution in [1.29, 1.82) is 0 Å². The van der Waals surface area contributed by atoms with Crippen LogP contribution >= 0.6 is 15.9 Å². The van der Waals surface area contributed by atoms with Gasteiger partial charge >= 0.3 is 0 Å². The van der Waals surface area contributed by atoms with Crippen LogP contribution in [0.3, 0.4) is 0 Å². The van der Waals surface area contributed by atoms with Crippen molar-refractivity contribution in [1.82, 2.24) is 5.32 Å². The highest BCUT2D eigenvalue weighted by Gasteiger charge is 2.22. The second-order valence-electron chi connectivity index (χ2n) is 3.60. The lowest BCUT2D eigenvalue weighted by Crippen LogP contribution is -2.36. The summed E-state index contributed by atoms with van der Waals surface area (Å²) in [5.74, 6) is 1.68.